The van der Waals surface area contributed by atoms with Gasteiger partial charge >= 0.3 is 0 Å². The first-order valence-corrected chi connectivity index (χ1v) is 5.03. The Morgan fingerprint density at radius 2 is 2.54 bits per heavy atom. The molecule has 1 amide bonds. The molecule has 2 unspecified atom stereocenters. The molecule has 0 radical (unpaired) electrons. The number of hydrogen-bond acceptors (Lipinski definition) is 4. The Labute approximate surface area is 80.4 Å². The summed E-state index contributed by atoms with van der Waals surface area (Å²) in [5, 5.41) is 1.94. The number of thiazole rings is 1. The lowest BCUT2D eigenvalue weighted by Crippen LogP contribution is -2.30. The maximum Gasteiger partial charge on any atom is 0.224 e. The number of likely N-dealkylation sites (tertiary alicyclic amines) is 1. The van der Waals surface area contributed by atoms with Crippen molar-refractivity contribution in [3.63, 3.8) is 0 Å². The summed E-state index contributed by atoms with van der Waals surface area (Å²) in [6.45, 7) is 0. The molecule has 1 saturated heterocycles. The van der Waals surface area contributed by atoms with Crippen LogP contribution < -0.4 is 5.73 Å². The number of likely N-dealkylation sites (N-methyl/N-ethyl adjacent to an activating group) is 1. The van der Waals surface area contributed by atoms with E-state index in [1.54, 1.807) is 17.5 Å². The Hall–Kier alpha value is -0.940. The van der Waals surface area contributed by atoms with Gasteiger partial charge < -0.3 is 10.6 Å². The summed E-state index contributed by atoms with van der Waals surface area (Å²) in [7, 11) is 1.78. The van der Waals surface area contributed by atoms with E-state index in [1.807, 2.05) is 5.38 Å². The average molecular weight is 197 g/mol. The first-order chi connectivity index (χ1) is 6.20. The van der Waals surface area contributed by atoms with Gasteiger partial charge in [-0.25, -0.2) is 4.98 Å². The lowest BCUT2D eigenvalue weighted by atomic mass is 10.1. The fourth-order valence-corrected chi connectivity index (χ4v) is 2.27. The molecule has 0 bridgehead atoms. The molecule has 5 heteroatoms. The van der Waals surface area contributed by atoms with Crippen LogP contribution in [0.3, 0.4) is 0 Å². The zero-order valence-corrected chi connectivity index (χ0v) is 8.12. The average Bonchev–Trinajstić information content (AvgIpc) is 2.63. The molecule has 1 aliphatic rings. The van der Waals surface area contributed by atoms with Gasteiger partial charge in [-0.2, -0.15) is 0 Å². The van der Waals surface area contributed by atoms with Gasteiger partial charge in [-0.05, 0) is 0 Å². The second-order valence-corrected chi connectivity index (χ2v) is 3.95. The van der Waals surface area contributed by atoms with Crippen molar-refractivity contribution >= 4 is 17.2 Å². The molecule has 2 heterocycles. The van der Waals surface area contributed by atoms with Gasteiger partial charge in [0.2, 0.25) is 5.91 Å². The quantitative estimate of drug-likeness (QED) is 0.707. The van der Waals surface area contributed by atoms with E-state index >= 15 is 0 Å². The van der Waals surface area contributed by atoms with Crippen LogP contribution in [-0.4, -0.2) is 28.9 Å². The van der Waals surface area contributed by atoms with Crippen LogP contribution >= 0.6 is 11.3 Å². The highest BCUT2D eigenvalue weighted by atomic mass is 32.1. The van der Waals surface area contributed by atoms with Gasteiger partial charge in [-0.1, -0.05) is 0 Å². The lowest BCUT2D eigenvalue weighted by Gasteiger charge is -2.20. The second kappa shape index (κ2) is 3.08. The van der Waals surface area contributed by atoms with Crippen molar-refractivity contribution in [2.45, 2.75) is 18.5 Å². The van der Waals surface area contributed by atoms with E-state index in [1.165, 1.54) is 11.3 Å². The molecule has 1 aromatic heterocycles. The van der Waals surface area contributed by atoms with Gasteiger partial charge in [-0.15, -0.1) is 11.3 Å². The van der Waals surface area contributed by atoms with Gasteiger partial charge in [0.05, 0.1) is 17.2 Å². The molecule has 70 valence electrons. The Kier molecular flexibility index (Phi) is 2.05. The monoisotopic (exact) mass is 197 g/mol. The Morgan fingerprint density at radius 3 is 3.00 bits per heavy atom. The maximum absolute atomic E-state index is 11.3. The predicted molar refractivity (Wildman–Crippen MR) is 50.2 cm³/mol. The predicted octanol–water partition coefficient (Wildman–Crippen LogP) is 0.374. The third-order valence-corrected chi connectivity index (χ3v) is 2.99. The minimum Gasteiger partial charge on any atom is -0.335 e. The number of nitrogens with zero attached hydrogens (tertiary/aromatic N) is 2. The summed E-state index contributed by atoms with van der Waals surface area (Å²) in [5.74, 6) is 0.102. The van der Waals surface area contributed by atoms with Crippen LogP contribution in [0.2, 0.25) is 0 Å². The van der Waals surface area contributed by atoms with E-state index in [4.69, 9.17) is 5.73 Å². The number of hydrogen-bond donors (Lipinski definition) is 1. The van der Waals surface area contributed by atoms with Crippen LogP contribution in [0.25, 0.3) is 0 Å². The van der Waals surface area contributed by atoms with Crippen molar-refractivity contribution in [3.8, 4) is 0 Å². The number of amides is 1. The van der Waals surface area contributed by atoms with Crippen LogP contribution in [0.15, 0.2) is 10.9 Å². The molecule has 2 atom stereocenters. The van der Waals surface area contributed by atoms with Crippen molar-refractivity contribution in [3.05, 3.63) is 16.6 Å². The number of carbonyl (C=O) groups is 1. The van der Waals surface area contributed by atoms with Gasteiger partial charge in [0, 0.05) is 24.9 Å². The zero-order valence-electron chi connectivity index (χ0n) is 7.30. The summed E-state index contributed by atoms with van der Waals surface area (Å²) < 4.78 is 0. The van der Waals surface area contributed by atoms with Gasteiger partial charge in [0.15, 0.2) is 0 Å². The molecule has 1 fully saturated rings. The third-order valence-electron chi connectivity index (χ3n) is 2.38. The molecule has 13 heavy (non-hydrogen) atoms. The number of rotatable bonds is 1. The van der Waals surface area contributed by atoms with E-state index in [0.29, 0.717) is 6.42 Å². The smallest absolute Gasteiger partial charge is 0.224 e. The topological polar surface area (TPSA) is 59.2 Å². The van der Waals surface area contributed by atoms with E-state index in [9.17, 15) is 4.79 Å². The molecule has 2 rings (SSSR count). The highest BCUT2D eigenvalue weighted by molar-refractivity contribution is 7.07. The fraction of sp³-hybridized carbons (Fsp3) is 0.500. The molecular formula is C8H11N3OS. The molecule has 0 spiro atoms. The van der Waals surface area contributed by atoms with Crippen LogP contribution in [0, 0.1) is 0 Å². The van der Waals surface area contributed by atoms with Crippen molar-refractivity contribution < 1.29 is 4.79 Å². The number of carbonyl (C=O) groups excluding carboxylic acids is 1. The van der Waals surface area contributed by atoms with Crippen molar-refractivity contribution in [1.82, 2.24) is 9.88 Å². The first kappa shape index (κ1) is 8.65. The van der Waals surface area contributed by atoms with E-state index in [2.05, 4.69) is 4.98 Å². The summed E-state index contributed by atoms with van der Waals surface area (Å²) in [6, 6.07) is -0.140. The van der Waals surface area contributed by atoms with Crippen LogP contribution in [0.4, 0.5) is 0 Å². The minimum atomic E-state index is -0.111. The van der Waals surface area contributed by atoms with E-state index < -0.39 is 0 Å². The van der Waals surface area contributed by atoms with E-state index in [-0.39, 0.29) is 18.0 Å². The van der Waals surface area contributed by atoms with Gasteiger partial charge in [-0.3, -0.25) is 4.79 Å². The lowest BCUT2D eigenvalue weighted by molar-refractivity contribution is -0.127. The van der Waals surface area contributed by atoms with Gasteiger partial charge in [0.25, 0.3) is 0 Å². The van der Waals surface area contributed by atoms with Crippen LogP contribution in [0.1, 0.15) is 18.2 Å². The van der Waals surface area contributed by atoms with Crippen molar-refractivity contribution in [2.75, 3.05) is 7.05 Å². The van der Waals surface area contributed by atoms with Crippen molar-refractivity contribution in [2.24, 2.45) is 5.73 Å². The van der Waals surface area contributed by atoms with Gasteiger partial charge in [0.1, 0.15) is 0 Å². The van der Waals surface area contributed by atoms with E-state index in [0.717, 1.165) is 5.69 Å². The Bertz CT molecular complexity index is 311. The van der Waals surface area contributed by atoms with Crippen LogP contribution in [-0.2, 0) is 4.79 Å². The maximum atomic E-state index is 11.3. The molecule has 1 aromatic rings. The molecule has 0 aromatic carbocycles. The summed E-state index contributed by atoms with van der Waals surface area (Å²) in [5.41, 5.74) is 8.52. The fourth-order valence-electron chi connectivity index (χ4n) is 1.69. The van der Waals surface area contributed by atoms with Crippen LogP contribution in [0.5, 0.6) is 0 Å². The highest BCUT2D eigenvalue weighted by Crippen LogP contribution is 2.29. The highest BCUT2D eigenvalue weighted by Gasteiger charge is 2.37. The molecule has 0 saturated carbocycles. The third kappa shape index (κ3) is 1.34. The van der Waals surface area contributed by atoms with Crippen molar-refractivity contribution in [1.29, 1.82) is 0 Å². The SMILES string of the molecule is CN1C(=O)CC(N)C1c1cscn1. The molecule has 0 aliphatic carbocycles. The number of nitrogens with two attached hydrogens (primary N) is 1. The minimum absolute atomic E-state index is 0.0289. The first-order valence-electron chi connectivity index (χ1n) is 4.09. The molecular weight excluding hydrogens is 186 g/mol. The normalized spacial score (nSPS) is 28.5. The Morgan fingerprint density at radius 1 is 1.77 bits per heavy atom. The summed E-state index contributed by atoms with van der Waals surface area (Å²) in [6.07, 6.45) is 0.429. The summed E-state index contributed by atoms with van der Waals surface area (Å²) >= 11 is 1.53. The number of aromatic nitrogens is 1. The summed E-state index contributed by atoms with van der Waals surface area (Å²) in [4.78, 5) is 17.2. The Balaban J connectivity index is 2.29. The molecule has 4 nitrogen and oxygen atoms in total. The zero-order chi connectivity index (χ0) is 9.42. The second-order valence-electron chi connectivity index (χ2n) is 3.23. The largest absolute Gasteiger partial charge is 0.335 e. The molecule has 2 N–H and O–H groups in total. The molecule has 1 aliphatic heterocycles. The standard InChI is InChI=1S/C8H11N3OS/c1-11-7(12)2-5(9)8(11)6-3-13-4-10-6/h3-5,8H,2,9H2,1H3.